The lowest BCUT2D eigenvalue weighted by atomic mass is 10.1. The van der Waals surface area contributed by atoms with E-state index >= 15 is 0 Å². The smallest absolute Gasteiger partial charge is 0.254 e. The number of carbonyl (C=O) groups excluding carboxylic acids is 1. The number of amides is 1. The Bertz CT molecular complexity index is 1320. The van der Waals surface area contributed by atoms with Gasteiger partial charge in [0.1, 0.15) is 11.6 Å². The highest BCUT2D eigenvalue weighted by atomic mass is 19.1. The standard InChI is InChI=1S/C31H35F2N3O4/c1-21(14-23-7-8-25(32)17-27(23)33)18-36(20-26-6-5-13-35(26)19-22-9-11-34-12-10-22)31(37)24-15-28(38-2)30(40-4)29(16-24)39-3/h7-12,14-17,26H,5-6,13,18-20H2,1-4H3/b21-14+. The molecule has 2 aromatic carbocycles. The fourth-order valence-electron chi connectivity index (χ4n) is 5.12. The van der Waals surface area contributed by atoms with Crippen LogP contribution in [-0.2, 0) is 6.54 Å². The van der Waals surface area contributed by atoms with Crippen LogP contribution in [0.5, 0.6) is 17.2 Å². The molecule has 4 rings (SSSR count). The number of likely N-dealkylation sites (tertiary alicyclic amines) is 1. The molecule has 0 aliphatic carbocycles. The minimum atomic E-state index is -0.652. The number of methoxy groups -OCH3 is 3. The zero-order chi connectivity index (χ0) is 28.6. The lowest BCUT2D eigenvalue weighted by molar-refractivity contribution is 0.0718. The maximum atomic E-state index is 14.4. The van der Waals surface area contributed by atoms with Crippen LogP contribution in [0.4, 0.5) is 8.78 Å². The lowest BCUT2D eigenvalue weighted by Crippen LogP contribution is -2.43. The van der Waals surface area contributed by atoms with Crippen molar-refractivity contribution in [2.24, 2.45) is 0 Å². The molecule has 0 bridgehead atoms. The summed E-state index contributed by atoms with van der Waals surface area (Å²) in [5, 5.41) is 0. The van der Waals surface area contributed by atoms with Crippen molar-refractivity contribution in [3.05, 3.63) is 88.8 Å². The van der Waals surface area contributed by atoms with Crippen LogP contribution in [0.3, 0.4) is 0 Å². The number of carbonyl (C=O) groups is 1. The summed E-state index contributed by atoms with van der Waals surface area (Å²) < 4.78 is 44.2. The third-order valence-corrected chi connectivity index (χ3v) is 7.07. The topological polar surface area (TPSA) is 64.1 Å². The van der Waals surface area contributed by atoms with Crippen molar-refractivity contribution < 1.29 is 27.8 Å². The molecule has 0 saturated carbocycles. The van der Waals surface area contributed by atoms with Crippen LogP contribution >= 0.6 is 0 Å². The molecule has 7 nitrogen and oxygen atoms in total. The SMILES string of the molecule is COc1cc(C(=O)N(C/C(C)=C/c2ccc(F)cc2F)CC2CCCN2Cc2ccncc2)cc(OC)c1OC. The number of benzene rings is 2. The van der Waals surface area contributed by atoms with E-state index in [1.54, 1.807) is 35.5 Å². The highest BCUT2D eigenvalue weighted by molar-refractivity contribution is 5.96. The summed E-state index contributed by atoms with van der Waals surface area (Å²) in [6.07, 6.45) is 7.18. The number of pyridine rings is 1. The molecular formula is C31H35F2N3O4. The van der Waals surface area contributed by atoms with Gasteiger partial charge in [0.2, 0.25) is 5.75 Å². The maximum absolute atomic E-state index is 14.4. The van der Waals surface area contributed by atoms with Gasteiger partial charge >= 0.3 is 0 Å². The molecule has 0 radical (unpaired) electrons. The second-order valence-corrected chi connectivity index (χ2v) is 9.88. The lowest BCUT2D eigenvalue weighted by Gasteiger charge is -2.31. The van der Waals surface area contributed by atoms with E-state index in [0.29, 0.717) is 29.4 Å². The van der Waals surface area contributed by atoms with E-state index in [4.69, 9.17) is 14.2 Å². The second-order valence-electron chi connectivity index (χ2n) is 9.88. The Kier molecular flexibility index (Phi) is 9.71. The molecule has 1 aliphatic heterocycles. The molecule has 1 fully saturated rings. The van der Waals surface area contributed by atoms with Crippen molar-refractivity contribution in [3.8, 4) is 17.2 Å². The fourth-order valence-corrected chi connectivity index (χ4v) is 5.12. The Labute approximate surface area is 234 Å². The molecule has 212 valence electrons. The van der Waals surface area contributed by atoms with Crippen LogP contribution in [-0.4, -0.2) is 67.7 Å². The molecule has 1 aliphatic rings. The summed E-state index contributed by atoms with van der Waals surface area (Å²) in [7, 11) is 4.51. The Morgan fingerprint density at radius 1 is 1.05 bits per heavy atom. The highest BCUT2D eigenvalue weighted by Gasteiger charge is 2.30. The van der Waals surface area contributed by atoms with Gasteiger partial charge in [-0.1, -0.05) is 11.6 Å². The molecule has 0 spiro atoms. The molecule has 9 heteroatoms. The van der Waals surface area contributed by atoms with E-state index in [-0.39, 0.29) is 24.1 Å². The summed E-state index contributed by atoms with van der Waals surface area (Å²) in [4.78, 5) is 22.3. The summed E-state index contributed by atoms with van der Waals surface area (Å²) in [6.45, 7) is 4.25. The van der Waals surface area contributed by atoms with Crippen LogP contribution < -0.4 is 14.2 Å². The maximum Gasteiger partial charge on any atom is 0.254 e. The van der Waals surface area contributed by atoms with Gasteiger partial charge in [-0.2, -0.15) is 0 Å². The van der Waals surface area contributed by atoms with Gasteiger partial charge in [0, 0.05) is 55.3 Å². The summed E-state index contributed by atoms with van der Waals surface area (Å²) >= 11 is 0. The van der Waals surface area contributed by atoms with Crippen LogP contribution in [0.1, 0.15) is 41.3 Å². The molecule has 1 unspecified atom stereocenters. The van der Waals surface area contributed by atoms with E-state index in [1.807, 2.05) is 19.1 Å². The van der Waals surface area contributed by atoms with Gasteiger partial charge in [-0.3, -0.25) is 14.7 Å². The first-order chi connectivity index (χ1) is 19.3. The molecule has 2 heterocycles. The first-order valence-corrected chi connectivity index (χ1v) is 13.2. The van der Waals surface area contributed by atoms with Gasteiger partial charge in [0.05, 0.1) is 21.3 Å². The van der Waals surface area contributed by atoms with Gasteiger partial charge in [0.15, 0.2) is 11.5 Å². The highest BCUT2D eigenvalue weighted by Crippen LogP contribution is 2.38. The minimum absolute atomic E-state index is 0.134. The number of ether oxygens (including phenoxy) is 3. The quantitative estimate of drug-likeness (QED) is 0.309. The number of hydrogen-bond donors (Lipinski definition) is 0. The number of nitrogens with zero attached hydrogens (tertiary/aromatic N) is 3. The average Bonchev–Trinajstić information content (AvgIpc) is 3.39. The van der Waals surface area contributed by atoms with E-state index in [1.165, 1.54) is 33.5 Å². The van der Waals surface area contributed by atoms with E-state index in [2.05, 4.69) is 9.88 Å². The van der Waals surface area contributed by atoms with Crippen LogP contribution in [0.25, 0.3) is 6.08 Å². The average molecular weight is 552 g/mol. The van der Waals surface area contributed by atoms with Gasteiger partial charge in [-0.05, 0) is 68.3 Å². The first-order valence-electron chi connectivity index (χ1n) is 13.2. The van der Waals surface area contributed by atoms with Crippen LogP contribution in [0.2, 0.25) is 0 Å². The summed E-state index contributed by atoms with van der Waals surface area (Å²) in [5.41, 5.74) is 2.56. The van der Waals surface area contributed by atoms with Gasteiger partial charge < -0.3 is 19.1 Å². The van der Waals surface area contributed by atoms with Gasteiger partial charge in [0.25, 0.3) is 5.91 Å². The normalized spacial score (nSPS) is 15.7. The molecule has 0 N–H and O–H groups in total. The third-order valence-electron chi connectivity index (χ3n) is 7.07. The Hall–Kier alpha value is -3.98. The number of rotatable bonds is 11. The summed E-state index contributed by atoms with van der Waals surface area (Å²) in [5.74, 6) is -0.349. The number of halogens is 2. The molecule has 1 saturated heterocycles. The van der Waals surface area contributed by atoms with E-state index < -0.39 is 11.6 Å². The van der Waals surface area contributed by atoms with E-state index in [0.717, 1.165) is 43.1 Å². The first kappa shape index (κ1) is 29.0. The van der Waals surface area contributed by atoms with E-state index in [9.17, 15) is 13.6 Å². The Balaban J connectivity index is 1.64. The largest absolute Gasteiger partial charge is 0.493 e. The molecule has 1 aromatic heterocycles. The molecule has 3 aromatic rings. The third kappa shape index (κ3) is 6.96. The predicted molar refractivity (Wildman–Crippen MR) is 150 cm³/mol. The monoisotopic (exact) mass is 551 g/mol. The fraction of sp³-hybridized carbons (Fsp3) is 0.355. The molecule has 1 atom stereocenters. The molecule has 40 heavy (non-hydrogen) atoms. The number of hydrogen-bond acceptors (Lipinski definition) is 6. The minimum Gasteiger partial charge on any atom is -0.493 e. The van der Waals surface area contributed by atoms with Crippen LogP contribution in [0.15, 0.2) is 60.4 Å². The number of aromatic nitrogens is 1. The zero-order valence-corrected chi connectivity index (χ0v) is 23.3. The van der Waals surface area contributed by atoms with Crippen molar-refractivity contribution in [1.82, 2.24) is 14.8 Å². The van der Waals surface area contributed by atoms with Crippen molar-refractivity contribution >= 4 is 12.0 Å². The van der Waals surface area contributed by atoms with Crippen molar-refractivity contribution in [1.29, 1.82) is 0 Å². The summed E-state index contributed by atoms with van der Waals surface area (Å²) in [6, 6.07) is 10.9. The Morgan fingerprint density at radius 3 is 2.38 bits per heavy atom. The van der Waals surface area contributed by atoms with Crippen molar-refractivity contribution in [3.63, 3.8) is 0 Å². The van der Waals surface area contributed by atoms with Gasteiger partial charge in [-0.15, -0.1) is 0 Å². The molecular weight excluding hydrogens is 516 g/mol. The van der Waals surface area contributed by atoms with Gasteiger partial charge in [-0.25, -0.2) is 8.78 Å². The Morgan fingerprint density at radius 2 is 1.75 bits per heavy atom. The van der Waals surface area contributed by atoms with Crippen molar-refractivity contribution in [2.45, 2.75) is 32.4 Å². The molecule has 1 amide bonds. The van der Waals surface area contributed by atoms with Crippen molar-refractivity contribution in [2.75, 3.05) is 41.0 Å². The van der Waals surface area contributed by atoms with Crippen LogP contribution in [0, 0.1) is 11.6 Å². The second kappa shape index (κ2) is 13.4. The zero-order valence-electron chi connectivity index (χ0n) is 23.3. The predicted octanol–water partition coefficient (Wildman–Crippen LogP) is 5.60.